The third-order valence-corrected chi connectivity index (χ3v) is 7.49. The molecule has 0 saturated carbocycles. The maximum atomic E-state index is 12.7. The van der Waals surface area contributed by atoms with Gasteiger partial charge in [0, 0.05) is 16.3 Å². The van der Waals surface area contributed by atoms with Gasteiger partial charge in [0.1, 0.15) is 10.8 Å². The van der Waals surface area contributed by atoms with Gasteiger partial charge in [0.05, 0.1) is 24.7 Å². The second-order valence-corrected chi connectivity index (χ2v) is 10.2. The van der Waals surface area contributed by atoms with Crippen molar-refractivity contribution in [2.75, 3.05) is 29.6 Å². The smallest absolute Gasteiger partial charge is 0.341 e. The number of methoxy groups -OCH3 is 2. The molecule has 0 aliphatic carbocycles. The third-order valence-electron chi connectivity index (χ3n) is 4.77. The van der Waals surface area contributed by atoms with Crippen LogP contribution in [0.5, 0.6) is 5.75 Å². The first-order valence-electron chi connectivity index (χ1n) is 9.68. The number of thiophene rings is 1. The number of rotatable bonds is 7. The topological polar surface area (TPSA) is 106 Å². The molecule has 3 rings (SSSR count). The van der Waals surface area contributed by atoms with E-state index in [0.717, 1.165) is 10.4 Å². The molecule has 2 aromatic carbocycles. The molecule has 8 nitrogen and oxygen atoms in total. The number of benzene rings is 2. The summed E-state index contributed by atoms with van der Waals surface area (Å²) in [4.78, 5) is 13.2. The molecule has 3 aromatic rings. The van der Waals surface area contributed by atoms with Crippen molar-refractivity contribution < 1.29 is 22.7 Å². The zero-order valence-electron chi connectivity index (χ0n) is 18.4. The second kappa shape index (κ2) is 10.2. The van der Waals surface area contributed by atoms with Crippen LogP contribution in [0.25, 0.3) is 0 Å². The van der Waals surface area contributed by atoms with Crippen LogP contribution in [0, 0.1) is 13.8 Å². The fraction of sp³-hybridized carbons (Fsp3) is 0.182. The molecule has 0 spiro atoms. The molecule has 0 saturated heterocycles. The van der Waals surface area contributed by atoms with Crippen molar-refractivity contribution in [3.63, 3.8) is 0 Å². The number of esters is 1. The van der Waals surface area contributed by atoms with Crippen molar-refractivity contribution in [1.29, 1.82) is 0 Å². The van der Waals surface area contributed by atoms with E-state index in [4.69, 9.17) is 21.7 Å². The molecule has 0 amide bonds. The predicted octanol–water partition coefficient (Wildman–Crippen LogP) is 4.77. The van der Waals surface area contributed by atoms with Gasteiger partial charge in [-0.05, 0) is 80.2 Å². The van der Waals surface area contributed by atoms with Crippen LogP contribution in [0.4, 0.5) is 16.4 Å². The molecular formula is C22H23N3O5S3. The molecule has 174 valence electrons. The van der Waals surface area contributed by atoms with Gasteiger partial charge in [-0.2, -0.15) is 0 Å². The molecule has 0 atom stereocenters. The fourth-order valence-electron chi connectivity index (χ4n) is 2.92. The number of carbonyl (C=O) groups excluding carboxylic acids is 1. The Balaban J connectivity index is 1.68. The van der Waals surface area contributed by atoms with E-state index in [1.807, 2.05) is 13.8 Å². The summed E-state index contributed by atoms with van der Waals surface area (Å²) < 4.78 is 37.8. The molecule has 1 aromatic heterocycles. The van der Waals surface area contributed by atoms with Crippen molar-refractivity contribution in [3.8, 4) is 5.75 Å². The van der Waals surface area contributed by atoms with Gasteiger partial charge in [0.15, 0.2) is 5.11 Å². The molecule has 0 aliphatic rings. The summed E-state index contributed by atoms with van der Waals surface area (Å²) in [5, 5.41) is 6.85. The Morgan fingerprint density at radius 1 is 0.939 bits per heavy atom. The molecule has 3 N–H and O–H groups in total. The monoisotopic (exact) mass is 505 g/mol. The van der Waals surface area contributed by atoms with E-state index in [1.165, 1.54) is 37.7 Å². The van der Waals surface area contributed by atoms with E-state index in [2.05, 4.69) is 15.4 Å². The van der Waals surface area contributed by atoms with Crippen LogP contribution in [0.3, 0.4) is 0 Å². The number of sulfonamides is 1. The molecule has 33 heavy (non-hydrogen) atoms. The van der Waals surface area contributed by atoms with E-state index in [0.29, 0.717) is 27.7 Å². The minimum atomic E-state index is -3.76. The summed E-state index contributed by atoms with van der Waals surface area (Å²) in [5.41, 5.74) is 2.28. The average Bonchev–Trinajstić information content (AvgIpc) is 3.06. The number of hydrogen-bond donors (Lipinski definition) is 3. The van der Waals surface area contributed by atoms with E-state index < -0.39 is 16.0 Å². The molecular weight excluding hydrogens is 482 g/mol. The third kappa shape index (κ3) is 5.81. The lowest BCUT2D eigenvalue weighted by Crippen LogP contribution is -2.20. The van der Waals surface area contributed by atoms with Crippen LogP contribution in [0.15, 0.2) is 53.4 Å². The summed E-state index contributed by atoms with van der Waals surface area (Å²) in [6.45, 7) is 3.76. The second-order valence-electron chi connectivity index (χ2n) is 6.92. The number of ether oxygens (including phenoxy) is 2. The molecule has 0 radical (unpaired) electrons. The Bertz CT molecular complexity index is 1270. The lowest BCUT2D eigenvalue weighted by atomic mass is 10.1. The minimum absolute atomic E-state index is 0.0974. The lowest BCUT2D eigenvalue weighted by Gasteiger charge is -2.12. The lowest BCUT2D eigenvalue weighted by molar-refractivity contribution is 0.0601. The van der Waals surface area contributed by atoms with Gasteiger partial charge in [-0.3, -0.25) is 4.72 Å². The number of nitrogens with one attached hydrogen (secondary N) is 3. The number of hydrogen-bond acceptors (Lipinski definition) is 7. The molecule has 11 heteroatoms. The van der Waals surface area contributed by atoms with Crippen molar-refractivity contribution in [2.24, 2.45) is 0 Å². The van der Waals surface area contributed by atoms with Crippen LogP contribution in [-0.4, -0.2) is 33.7 Å². The molecule has 0 fully saturated rings. The van der Waals surface area contributed by atoms with Gasteiger partial charge in [-0.1, -0.05) is 0 Å². The predicted molar refractivity (Wildman–Crippen MR) is 135 cm³/mol. The highest BCUT2D eigenvalue weighted by Crippen LogP contribution is 2.33. The van der Waals surface area contributed by atoms with Gasteiger partial charge in [-0.25, -0.2) is 13.2 Å². The number of aryl methyl sites for hydroxylation is 1. The zero-order valence-corrected chi connectivity index (χ0v) is 20.8. The van der Waals surface area contributed by atoms with E-state index in [9.17, 15) is 13.2 Å². The van der Waals surface area contributed by atoms with E-state index in [1.54, 1.807) is 36.4 Å². The Morgan fingerprint density at radius 2 is 1.55 bits per heavy atom. The maximum absolute atomic E-state index is 12.7. The van der Waals surface area contributed by atoms with Gasteiger partial charge < -0.3 is 20.1 Å². The molecule has 1 heterocycles. The SMILES string of the molecule is COC(=O)c1c(NC(=S)Nc2ccc(S(=O)(=O)Nc3ccc(OC)cc3)cc2)sc(C)c1C. The van der Waals surface area contributed by atoms with Gasteiger partial charge in [0.25, 0.3) is 10.0 Å². The highest BCUT2D eigenvalue weighted by atomic mass is 32.2. The zero-order chi connectivity index (χ0) is 24.2. The number of anilines is 3. The van der Waals surface area contributed by atoms with Crippen molar-refractivity contribution in [2.45, 2.75) is 18.7 Å². The summed E-state index contributed by atoms with van der Waals surface area (Å²) in [6, 6.07) is 12.7. The van der Waals surface area contributed by atoms with Gasteiger partial charge in [-0.15, -0.1) is 11.3 Å². The van der Waals surface area contributed by atoms with Crippen LogP contribution in [0.1, 0.15) is 20.8 Å². The first-order valence-corrected chi connectivity index (χ1v) is 12.4. The molecule has 0 unspecified atom stereocenters. The summed E-state index contributed by atoms with van der Waals surface area (Å²) in [7, 11) is -0.898. The van der Waals surface area contributed by atoms with Gasteiger partial charge >= 0.3 is 5.97 Å². The Labute approximate surface area is 202 Å². The van der Waals surface area contributed by atoms with E-state index >= 15 is 0 Å². The largest absolute Gasteiger partial charge is 0.497 e. The number of thiocarbonyl (C=S) groups is 1. The number of carbonyl (C=O) groups is 1. The van der Waals surface area contributed by atoms with Crippen molar-refractivity contribution in [1.82, 2.24) is 0 Å². The normalized spacial score (nSPS) is 10.9. The standard InChI is InChI=1S/C22H23N3O5S3/c1-13-14(2)32-20(19(13)21(26)30-4)24-22(31)23-15-7-11-18(12-8-15)33(27,28)25-16-5-9-17(29-3)10-6-16/h5-12,25H,1-4H3,(H2,23,24,31). The van der Waals surface area contributed by atoms with E-state index in [-0.39, 0.29) is 10.0 Å². The molecule has 0 aliphatic heterocycles. The Morgan fingerprint density at radius 3 is 2.12 bits per heavy atom. The Kier molecular flexibility index (Phi) is 7.57. The fourth-order valence-corrected chi connectivity index (χ4v) is 5.31. The Hall–Kier alpha value is -3.15. The first-order chi connectivity index (χ1) is 15.6. The van der Waals surface area contributed by atoms with Crippen LogP contribution in [0.2, 0.25) is 0 Å². The minimum Gasteiger partial charge on any atom is -0.497 e. The van der Waals surface area contributed by atoms with Crippen LogP contribution >= 0.6 is 23.6 Å². The van der Waals surface area contributed by atoms with Gasteiger partial charge in [0.2, 0.25) is 0 Å². The molecule has 0 bridgehead atoms. The highest BCUT2D eigenvalue weighted by molar-refractivity contribution is 7.92. The quantitative estimate of drug-likeness (QED) is 0.312. The first kappa shape index (κ1) is 24.5. The average molecular weight is 506 g/mol. The van der Waals surface area contributed by atoms with Crippen LogP contribution < -0.4 is 20.1 Å². The summed E-state index contributed by atoms with van der Waals surface area (Å²) in [6.07, 6.45) is 0. The van der Waals surface area contributed by atoms with Crippen molar-refractivity contribution >= 4 is 61.0 Å². The maximum Gasteiger partial charge on any atom is 0.341 e. The summed E-state index contributed by atoms with van der Waals surface area (Å²) in [5.74, 6) is 0.186. The van der Waals surface area contributed by atoms with Crippen LogP contribution in [-0.2, 0) is 14.8 Å². The van der Waals surface area contributed by atoms with Crippen molar-refractivity contribution in [3.05, 3.63) is 64.5 Å². The summed E-state index contributed by atoms with van der Waals surface area (Å²) >= 11 is 6.76. The highest BCUT2D eigenvalue weighted by Gasteiger charge is 2.21.